The van der Waals surface area contributed by atoms with Crippen LogP contribution in [0.3, 0.4) is 0 Å². The Morgan fingerprint density at radius 1 is 1.25 bits per heavy atom. The van der Waals surface area contributed by atoms with Crippen LogP contribution < -0.4 is 4.24 Å². The minimum absolute atomic E-state index is 0.840. The second kappa shape index (κ2) is 2.60. The van der Waals surface area contributed by atoms with Crippen molar-refractivity contribution in [2.75, 3.05) is 0 Å². The fourth-order valence-corrected chi connectivity index (χ4v) is 0.687. The van der Waals surface area contributed by atoms with Crippen molar-refractivity contribution in [1.29, 1.82) is 0 Å². The van der Waals surface area contributed by atoms with Crippen molar-refractivity contribution in [2.24, 2.45) is 0 Å². The molecule has 0 saturated heterocycles. The van der Waals surface area contributed by atoms with Gasteiger partial charge in [-0.15, -0.1) is 0 Å². The topological polar surface area (TPSA) is 0 Å². The average Bonchev–Trinajstić information content (AvgIpc) is 1.77. The molecule has 0 aliphatic heterocycles. The Kier molecular flexibility index (Phi) is 2.02. The van der Waals surface area contributed by atoms with Crippen molar-refractivity contribution >= 4 is 33.6 Å². The third-order valence-electron chi connectivity index (χ3n) is 1.08. The van der Waals surface area contributed by atoms with Crippen LogP contribution in [0, 0.1) is 0 Å². The summed E-state index contributed by atoms with van der Waals surface area (Å²) in [5, 5.41) is 0.840. The fourth-order valence-electron chi connectivity index (χ4n) is 0.551. The predicted molar refractivity (Wildman–Crippen MR) is 36.8 cm³/mol. The molecule has 1 aromatic rings. The molecule has 0 fully saturated rings. The summed E-state index contributed by atoms with van der Waals surface area (Å²) >= 11 is 7.70. The molecular weight excluding hydrogens is 114 g/mol. The second-order valence-electron chi connectivity index (χ2n) is 1.75. The van der Waals surface area contributed by atoms with Gasteiger partial charge in [-0.05, 0) is 0 Å². The summed E-state index contributed by atoms with van der Waals surface area (Å²) < 4.78 is 1.13. The predicted octanol–water partition coefficient (Wildman–Crippen LogP) is 1.13. The van der Waals surface area contributed by atoms with Crippen molar-refractivity contribution in [1.82, 2.24) is 0 Å². The van der Waals surface area contributed by atoms with E-state index < -0.39 is 0 Å². The van der Waals surface area contributed by atoms with E-state index in [1.54, 1.807) is 0 Å². The number of halogens is 1. The molecule has 36 valence electrons. The summed E-state index contributed by atoms with van der Waals surface area (Å²) in [4.78, 5) is 0. The third-order valence-corrected chi connectivity index (χ3v) is 1.50. The SMILES string of the molecule is [Li][c]1ccccc1Cl. The zero-order valence-corrected chi connectivity index (χ0v) is 5.44. The molecule has 0 bridgehead atoms. The first-order valence-corrected chi connectivity index (χ1v) is 2.89. The van der Waals surface area contributed by atoms with Crippen molar-refractivity contribution in [2.45, 2.75) is 0 Å². The van der Waals surface area contributed by atoms with Gasteiger partial charge in [-0.1, -0.05) is 0 Å². The van der Waals surface area contributed by atoms with Crippen LogP contribution in [0.15, 0.2) is 24.3 Å². The van der Waals surface area contributed by atoms with E-state index in [0.717, 1.165) is 9.26 Å². The Labute approximate surface area is 63.1 Å². The zero-order valence-electron chi connectivity index (χ0n) is 4.69. The van der Waals surface area contributed by atoms with E-state index in [-0.39, 0.29) is 0 Å². The molecule has 0 aliphatic rings. The Bertz CT molecular complexity index is 165. The molecule has 0 radical (unpaired) electrons. The van der Waals surface area contributed by atoms with E-state index >= 15 is 0 Å². The van der Waals surface area contributed by atoms with E-state index in [9.17, 15) is 0 Å². The first-order valence-electron chi connectivity index (χ1n) is 2.52. The maximum absolute atomic E-state index is 5.71. The Hall–Kier alpha value is 0.107. The van der Waals surface area contributed by atoms with Gasteiger partial charge in [-0.25, -0.2) is 0 Å². The van der Waals surface area contributed by atoms with Gasteiger partial charge in [0.15, 0.2) is 0 Å². The first kappa shape index (κ1) is 6.23. The van der Waals surface area contributed by atoms with Crippen LogP contribution in [-0.2, 0) is 0 Å². The van der Waals surface area contributed by atoms with Gasteiger partial charge in [0.25, 0.3) is 0 Å². The van der Waals surface area contributed by atoms with E-state index in [1.807, 2.05) is 42.0 Å². The molecule has 0 amide bonds. The molecule has 0 N–H and O–H groups in total. The summed E-state index contributed by atoms with van der Waals surface area (Å²) in [5.41, 5.74) is 0. The van der Waals surface area contributed by atoms with Crippen molar-refractivity contribution < 1.29 is 0 Å². The average molecular weight is 118 g/mol. The standard InChI is InChI=1S/C6H4Cl.Li/c7-6-4-2-1-3-5-6;/h1-4H;. The molecule has 0 heterocycles. The molecule has 8 heavy (non-hydrogen) atoms. The normalized spacial score (nSPS) is 9.38. The van der Waals surface area contributed by atoms with Crippen LogP contribution in [0.2, 0.25) is 5.02 Å². The van der Waals surface area contributed by atoms with Crippen LogP contribution in [0.1, 0.15) is 0 Å². The Balaban J connectivity index is 3.13. The number of hydrogen-bond donors (Lipinski definition) is 0. The van der Waals surface area contributed by atoms with E-state index in [0.29, 0.717) is 0 Å². The van der Waals surface area contributed by atoms with Crippen molar-refractivity contribution in [3.63, 3.8) is 0 Å². The van der Waals surface area contributed by atoms with Crippen molar-refractivity contribution in [3.8, 4) is 0 Å². The fraction of sp³-hybridized carbons (Fsp3) is 0. The molecule has 0 unspecified atom stereocenters. The number of hydrogen-bond acceptors (Lipinski definition) is 0. The molecule has 1 rings (SSSR count). The van der Waals surface area contributed by atoms with Crippen LogP contribution >= 0.6 is 11.6 Å². The summed E-state index contributed by atoms with van der Waals surface area (Å²) in [6.45, 7) is 0. The molecule has 0 aliphatic carbocycles. The molecule has 0 spiro atoms. The van der Waals surface area contributed by atoms with Crippen LogP contribution in [0.5, 0.6) is 0 Å². The molecule has 2 heteroatoms. The van der Waals surface area contributed by atoms with E-state index in [4.69, 9.17) is 11.6 Å². The Morgan fingerprint density at radius 2 is 1.88 bits per heavy atom. The van der Waals surface area contributed by atoms with Gasteiger partial charge in [0, 0.05) is 0 Å². The van der Waals surface area contributed by atoms with E-state index in [2.05, 4.69) is 0 Å². The van der Waals surface area contributed by atoms with Gasteiger partial charge in [-0.2, -0.15) is 0 Å². The summed E-state index contributed by atoms with van der Waals surface area (Å²) in [5.74, 6) is 0. The summed E-state index contributed by atoms with van der Waals surface area (Å²) in [6, 6.07) is 7.77. The number of rotatable bonds is 0. The van der Waals surface area contributed by atoms with Crippen molar-refractivity contribution in [3.05, 3.63) is 29.3 Å². The third kappa shape index (κ3) is 1.29. The van der Waals surface area contributed by atoms with Crippen LogP contribution in [-0.4, -0.2) is 17.7 Å². The first-order chi connectivity index (χ1) is 3.80. The molecule has 0 aromatic heterocycles. The van der Waals surface area contributed by atoms with Gasteiger partial charge in [0.05, 0.1) is 0 Å². The second-order valence-corrected chi connectivity index (χ2v) is 2.16. The maximum atomic E-state index is 5.71. The zero-order chi connectivity index (χ0) is 5.98. The van der Waals surface area contributed by atoms with Crippen LogP contribution in [0.4, 0.5) is 0 Å². The Morgan fingerprint density at radius 3 is 2.25 bits per heavy atom. The molecule has 0 saturated carbocycles. The van der Waals surface area contributed by atoms with Gasteiger partial charge in [0.2, 0.25) is 0 Å². The minimum atomic E-state index is 0.840. The molecule has 0 atom stereocenters. The van der Waals surface area contributed by atoms with E-state index in [1.165, 1.54) is 0 Å². The monoisotopic (exact) mass is 118 g/mol. The molecule has 0 nitrogen and oxygen atoms in total. The van der Waals surface area contributed by atoms with Gasteiger partial charge < -0.3 is 0 Å². The van der Waals surface area contributed by atoms with Gasteiger partial charge in [0.1, 0.15) is 0 Å². The molecular formula is C6H4ClLi. The number of benzene rings is 1. The summed E-state index contributed by atoms with van der Waals surface area (Å²) in [6.07, 6.45) is 0. The van der Waals surface area contributed by atoms with Gasteiger partial charge >= 0.3 is 62.8 Å². The summed E-state index contributed by atoms with van der Waals surface area (Å²) in [7, 11) is 0. The molecule has 1 aromatic carbocycles. The quantitative estimate of drug-likeness (QED) is 0.448. The van der Waals surface area contributed by atoms with Crippen LogP contribution in [0.25, 0.3) is 0 Å². The van der Waals surface area contributed by atoms with Gasteiger partial charge in [-0.3, -0.25) is 0 Å².